The topological polar surface area (TPSA) is 128 Å². The van der Waals surface area contributed by atoms with E-state index in [1.54, 1.807) is 24.3 Å². The Hall–Kier alpha value is -2.82. The van der Waals surface area contributed by atoms with Crippen molar-refractivity contribution < 1.29 is 17.9 Å². The van der Waals surface area contributed by atoms with Crippen LogP contribution in [0.2, 0.25) is 5.02 Å². The fraction of sp³-hybridized carbons (Fsp3) is 0.0667. The zero-order valence-corrected chi connectivity index (χ0v) is 14.6. The first kappa shape index (κ1) is 18.0. The minimum Gasteiger partial charge on any atom is -0.338 e. The van der Waals surface area contributed by atoms with Crippen molar-refractivity contribution in [3.05, 3.63) is 69.6 Å². The van der Waals surface area contributed by atoms with Crippen LogP contribution < -0.4 is 4.72 Å². The Labute approximate surface area is 152 Å². The predicted octanol–water partition coefficient (Wildman–Crippen LogP) is 2.78. The third kappa shape index (κ3) is 3.72. The van der Waals surface area contributed by atoms with Crippen LogP contribution >= 0.6 is 11.6 Å². The van der Waals surface area contributed by atoms with Gasteiger partial charge in [0.2, 0.25) is 21.7 Å². The number of halogens is 1. The maximum absolute atomic E-state index is 12.3. The molecular formula is C15H11ClN4O5S. The van der Waals surface area contributed by atoms with Gasteiger partial charge in [-0.3, -0.25) is 10.1 Å². The highest BCUT2D eigenvalue weighted by Crippen LogP contribution is 2.25. The average Bonchev–Trinajstić information content (AvgIpc) is 3.09. The van der Waals surface area contributed by atoms with E-state index in [9.17, 15) is 18.5 Å². The first-order valence-corrected chi connectivity index (χ1v) is 9.05. The largest absolute Gasteiger partial charge is 0.338 e. The number of aromatic nitrogens is 2. The molecule has 1 aromatic heterocycles. The summed E-state index contributed by atoms with van der Waals surface area (Å²) in [6.07, 6.45) is 0. The van der Waals surface area contributed by atoms with Gasteiger partial charge in [-0.25, -0.2) is 13.1 Å². The second-order valence-electron chi connectivity index (χ2n) is 5.04. The molecule has 0 saturated heterocycles. The van der Waals surface area contributed by atoms with Gasteiger partial charge >= 0.3 is 0 Å². The van der Waals surface area contributed by atoms with E-state index < -0.39 is 25.5 Å². The fourth-order valence-electron chi connectivity index (χ4n) is 2.15. The number of benzene rings is 2. The number of nitrogens with zero attached hydrogens (tertiary/aromatic N) is 3. The van der Waals surface area contributed by atoms with Gasteiger partial charge in [0.25, 0.3) is 5.69 Å². The van der Waals surface area contributed by atoms with Gasteiger partial charge in [-0.05, 0) is 18.2 Å². The molecule has 0 spiro atoms. The molecule has 3 rings (SSSR count). The van der Waals surface area contributed by atoms with E-state index in [2.05, 4.69) is 14.9 Å². The maximum Gasteiger partial charge on any atom is 0.289 e. The minimum atomic E-state index is -4.14. The molecule has 2 aromatic carbocycles. The Bertz CT molecular complexity index is 1070. The lowest BCUT2D eigenvalue weighted by atomic mass is 10.2. The summed E-state index contributed by atoms with van der Waals surface area (Å²) in [5, 5.41) is 15.2. The molecule has 134 valence electrons. The van der Waals surface area contributed by atoms with E-state index in [4.69, 9.17) is 16.1 Å². The second-order valence-corrected chi connectivity index (χ2v) is 7.18. The molecule has 1 heterocycles. The summed E-state index contributed by atoms with van der Waals surface area (Å²) in [5.41, 5.74) is 0.00741. The lowest BCUT2D eigenvalue weighted by molar-refractivity contribution is -0.387. The molecule has 0 fully saturated rings. The van der Waals surface area contributed by atoms with Gasteiger partial charge in [0.15, 0.2) is 4.90 Å². The average molecular weight is 395 g/mol. The number of hydrogen-bond donors (Lipinski definition) is 1. The molecule has 0 saturated carbocycles. The lowest BCUT2D eigenvalue weighted by Gasteiger charge is -2.05. The van der Waals surface area contributed by atoms with Gasteiger partial charge < -0.3 is 4.52 Å². The Morgan fingerprint density at radius 2 is 1.85 bits per heavy atom. The standard InChI is InChI=1S/C15H11ClN4O5S/c16-11-6-2-1-5-10(11)15-18-14(25-19-15)9-17-26(23,24)13-8-4-3-7-12(13)20(21)22/h1-8,17H,9H2. The van der Waals surface area contributed by atoms with E-state index in [0.717, 1.165) is 12.1 Å². The highest BCUT2D eigenvalue weighted by Gasteiger charge is 2.25. The van der Waals surface area contributed by atoms with Crippen molar-refractivity contribution in [1.82, 2.24) is 14.9 Å². The van der Waals surface area contributed by atoms with E-state index in [0.29, 0.717) is 10.6 Å². The third-order valence-corrected chi connectivity index (χ3v) is 5.13. The number of rotatable bonds is 6. The molecule has 0 radical (unpaired) electrons. The van der Waals surface area contributed by atoms with Crippen LogP contribution in [-0.4, -0.2) is 23.5 Å². The molecule has 1 N–H and O–H groups in total. The summed E-state index contributed by atoms with van der Waals surface area (Å²) in [4.78, 5) is 13.9. The molecule has 11 heteroatoms. The van der Waals surface area contributed by atoms with Gasteiger partial charge in [-0.2, -0.15) is 4.98 Å². The monoisotopic (exact) mass is 394 g/mol. The summed E-state index contributed by atoms with van der Waals surface area (Å²) in [6.45, 7) is -0.328. The van der Waals surface area contributed by atoms with Gasteiger partial charge in [0, 0.05) is 11.6 Å². The first-order valence-electron chi connectivity index (χ1n) is 7.19. The fourth-order valence-corrected chi connectivity index (χ4v) is 3.51. The lowest BCUT2D eigenvalue weighted by Crippen LogP contribution is -2.24. The van der Waals surface area contributed by atoms with Crippen LogP contribution in [0.4, 0.5) is 5.69 Å². The Balaban J connectivity index is 1.80. The Morgan fingerprint density at radius 1 is 1.15 bits per heavy atom. The third-order valence-electron chi connectivity index (χ3n) is 3.35. The molecule has 0 aliphatic carbocycles. The number of nitrogens with one attached hydrogen (secondary N) is 1. The highest BCUT2D eigenvalue weighted by atomic mass is 35.5. The molecule has 0 bridgehead atoms. The maximum atomic E-state index is 12.3. The number of para-hydroxylation sites is 1. The van der Waals surface area contributed by atoms with E-state index in [-0.39, 0.29) is 18.3 Å². The van der Waals surface area contributed by atoms with Crippen molar-refractivity contribution in [1.29, 1.82) is 0 Å². The van der Waals surface area contributed by atoms with E-state index >= 15 is 0 Å². The summed E-state index contributed by atoms with van der Waals surface area (Å²) < 4.78 is 31.9. The van der Waals surface area contributed by atoms with Crippen LogP contribution in [0.15, 0.2) is 57.9 Å². The van der Waals surface area contributed by atoms with Crippen molar-refractivity contribution >= 4 is 27.3 Å². The van der Waals surface area contributed by atoms with Crippen LogP contribution in [0.5, 0.6) is 0 Å². The van der Waals surface area contributed by atoms with E-state index in [1.165, 1.54) is 12.1 Å². The van der Waals surface area contributed by atoms with Crippen LogP contribution in [0, 0.1) is 10.1 Å². The second kappa shape index (κ2) is 7.20. The Kier molecular flexibility index (Phi) is 4.98. The number of nitro groups is 1. The molecule has 0 atom stereocenters. The zero-order valence-electron chi connectivity index (χ0n) is 13.0. The van der Waals surface area contributed by atoms with Crippen LogP contribution in [0.25, 0.3) is 11.4 Å². The predicted molar refractivity (Wildman–Crippen MR) is 91.9 cm³/mol. The number of nitro benzene ring substituents is 1. The molecule has 0 aliphatic rings. The molecule has 0 aliphatic heterocycles. The van der Waals surface area contributed by atoms with Crippen LogP contribution in [-0.2, 0) is 16.6 Å². The van der Waals surface area contributed by atoms with Gasteiger partial charge in [-0.1, -0.05) is 41.0 Å². The van der Waals surface area contributed by atoms with Gasteiger partial charge in [0.05, 0.1) is 16.5 Å². The summed E-state index contributed by atoms with van der Waals surface area (Å²) in [7, 11) is -4.14. The summed E-state index contributed by atoms with van der Waals surface area (Å²) in [5.74, 6) is 0.192. The molecule has 0 unspecified atom stereocenters. The smallest absolute Gasteiger partial charge is 0.289 e. The first-order chi connectivity index (χ1) is 12.4. The van der Waals surface area contributed by atoms with Crippen molar-refractivity contribution in [2.45, 2.75) is 11.4 Å². The van der Waals surface area contributed by atoms with Gasteiger partial charge in [0.1, 0.15) is 0 Å². The van der Waals surface area contributed by atoms with Crippen molar-refractivity contribution in [3.63, 3.8) is 0 Å². The minimum absolute atomic E-state index is 0.0120. The van der Waals surface area contributed by atoms with Crippen molar-refractivity contribution in [2.24, 2.45) is 0 Å². The zero-order chi connectivity index (χ0) is 18.7. The molecule has 26 heavy (non-hydrogen) atoms. The quantitative estimate of drug-likeness (QED) is 0.502. The summed E-state index contributed by atoms with van der Waals surface area (Å²) >= 11 is 6.05. The molecular weight excluding hydrogens is 384 g/mol. The SMILES string of the molecule is O=[N+]([O-])c1ccccc1S(=O)(=O)NCc1nc(-c2ccccc2Cl)no1. The van der Waals surface area contributed by atoms with Crippen molar-refractivity contribution in [2.75, 3.05) is 0 Å². The molecule has 3 aromatic rings. The Morgan fingerprint density at radius 3 is 2.58 bits per heavy atom. The van der Waals surface area contributed by atoms with Crippen LogP contribution in [0.1, 0.15) is 5.89 Å². The van der Waals surface area contributed by atoms with Crippen molar-refractivity contribution in [3.8, 4) is 11.4 Å². The van der Waals surface area contributed by atoms with Gasteiger partial charge in [-0.15, -0.1) is 0 Å². The molecule has 9 nitrogen and oxygen atoms in total. The molecule has 0 amide bonds. The van der Waals surface area contributed by atoms with Crippen LogP contribution in [0.3, 0.4) is 0 Å². The number of sulfonamides is 1. The normalized spacial score (nSPS) is 11.4. The summed E-state index contributed by atoms with van der Waals surface area (Å²) in [6, 6.07) is 11.9. The highest BCUT2D eigenvalue weighted by molar-refractivity contribution is 7.89. The number of hydrogen-bond acceptors (Lipinski definition) is 7. The van der Waals surface area contributed by atoms with E-state index in [1.807, 2.05) is 0 Å².